The van der Waals surface area contributed by atoms with Crippen LogP contribution < -0.4 is 0 Å². The van der Waals surface area contributed by atoms with Gasteiger partial charge in [-0.15, -0.1) is 0 Å². The maximum absolute atomic E-state index is 6.56. The van der Waals surface area contributed by atoms with Crippen LogP contribution in [-0.2, 0) is 0 Å². The number of fused-ring (bicyclic) bond motifs is 13. The Balaban J connectivity index is 0.933. The predicted molar refractivity (Wildman–Crippen MR) is 245 cm³/mol. The third-order valence-electron chi connectivity index (χ3n) is 12.4. The summed E-state index contributed by atoms with van der Waals surface area (Å²) in [6.07, 6.45) is 0. The number of furan rings is 2. The number of benzene rings is 11. The fourth-order valence-corrected chi connectivity index (χ4v) is 9.84. The van der Waals surface area contributed by atoms with Gasteiger partial charge in [-0.1, -0.05) is 140 Å². The molecule has 0 radical (unpaired) electrons. The van der Waals surface area contributed by atoms with Crippen molar-refractivity contribution in [3.63, 3.8) is 0 Å². The van der Waals surface area contributed by atoms with Gasteiger partial charge in [0.15, 0.2) is 0 Å². The van der Waals surface area contributed by atoms with Crippen LogP contribution in [-0.4, -0.2) is 0 Å². The zero-order chi connectivity index (χ0) is 37.9. The van der Waals surface area contributed by atoms with E-state index in [1.807, 2.05) is 12.1 Å². The number of rotatable bonds is 3. The lowest BCUT2D eigenvalue weighted by atomic mass is 9.84. The normalized spacial score (nSPS) is 12.1. The van der Waals surface area contributed by atoms with E-state index >= 15 is 0 Å². The van der Waals surface area contributed by atoms with Crippen molar-refractivity contribution in [1.82, 2.24) is 0 Å². The Morgan fingerprint density at radius 2 is 0.724 bits per heavy atom. The quantitative estimate of drug-likeness (QED) is 0.169. The number of hydrogen-bond acceptors (Lipinski definition) is 2. The van der Waals surface area contributed by atoms with Crippen LogP contribution in [0.15, 0.2) is 203 Å². The highest BCUT2D eigenvalue weighted by Gasteiger charge is 2.19. The molecule has 2 heteroatoms. The molecule has 268 valence electrons. The van der Waals surface area contributed by atoms with E-state index in [0.717, 1.165) is 55.0 Å². The first-order valence-electron chi connectivity index (χ1n) is 19.9. The number of hydrogen-bond donors (Lipinski definition) is 0. The van der Waals surface area contributed by atoms with E-state index in [9.17, 15) is 0 Å². The molecule has 13 rings (SSSR count). The van der Waals surface area contributed by atoms with E-state index in [4.69, 9.17) is 8.83 Å². The zero-order valence-electron chi connectivity index (χ0n) is 31.3. The van der Waals surface area contributed by atoms with E-state index < -0.39 is 0 Å². The third kappa shape index (κ3) is 4.48. The van der Waals surface area contributed by atoms with Crippen molar-refractivity contribution >= 4 is 97.7 Å². The summed E-state index contributed by atoms with van der Waals surface area (Å²) in [7, 11) is 0. The van der Waals surface area contributed by atoms with Gasteiger partial charge in [-0.3, -0.25) is 0 Å². The fourth-order valence-electron chi connectivity index (χ4n) is 9.84. The standard InChI is InChI=1S/C56H32O2/c1-2-12-39-33(10-1)11-9-18-40(39)54-43-15-5-3-13-41(43)53(42-14-4-6-16-44(42)54)38-23-22-34-30-35(20-21-36(34)31-38)37-24-25-48-52(32-37)58-51-29-27-45-46(56(48)51)26-28-50-55(45)47-17-7-8-19-49(47)57-50/h1-32H. The van der Waals surface area contributed by atoms with E-state index in [2.05, 4.69) is 182 Å². The summed E-state index contributed by atoms with van der Waals surface area (Å²) in [5, 5.41) is 16.9. The van der Waals surface area contributed by atoms with Crippen LogP contribution in [0.2, 0.25) is 0 Å². The minimum atomic E-state index is 0.887. The van der Waals surface area contributed by atoms with Gasteiger partial charge in [0.1, 0.15) is 22.3 Å². The molecule has 0 N–H and O–H groups in total. The highest BCUT2D eigenvalue weighted by atomic mass is 16.3. The van der Waals surface area contributed by atoms with Gasteiger partial charge in [0.05, 0.1) is 0 Å². The molecule has 0 saturated heterocycles. The summed E-state index contributed by atoms with van der Waals surface area (Å²) in [4.78, 5) is 0. The van der Waals surface area contributed by atoms with Crippen molar-refractivity contribution in [3.8, 4) is 33.4 Å². The van der Waals surface area contributed by atoms with E-state index in [0.29, 0.717) is 0 Å². The molecular formula is C56H32O2. The van der Waals surface area contributed by atoms with Crippen LogP contribution in [0.1, 0.15) is 0 Å². The van der Waals surface area contributed by atoms with Crippen LogP contribution in [0.3, 0.4) is 0 Å². The average molecular weight is 737 g/mol. The van der Waals surface area contributed by atoms with Crippen LogP contribution in [0.4, 0.5) is 0 Å². The summed E-state index contributed by atoms with van der Waals surface area (Å²) >= 11 is 0. The average Bonchev–Trinajstić information content (AvgIpc) is 3.86. The second-order valence-electron chi connectivity index (χ2n) is 15.5. The van der Waals surface area contributed by atoms with Crippen molar-refractivity contribution in [2.24, 2.45) is 0 Å². The van der Waals surface area contributed by atoms with Gasteiger partial charge in [-0.05, 0) is 142 Å². The maximum atomic E-state index is 6.56. The van der Waals surface area contributed by atoms with E-state index in [1.54, 1.807) is 0 Å². The van der Waals surface area contributed by atoms with Crippen LogP contribution >= 0.6 is 0 Å². The van der Waals surface area contributed by atoms with Gasteiger partial charge in [-0.25, -0.2) is 0 Å². The topological polar surface area (TPSA) is 26.3 Å². The van der Waals surface area contributed by atoms with Crippen molar-refractivity contribution in [2.45, 2.75) is 0 Å². The summed E-state index contributed by atoms with van der Waals surface area (Å²) in [5.74, 6) is 0. The molecule has 0 spiro atoms. The molecular weight excluding hydrogens is 705 g/mol. The van der Waals surface area contributed by atoms with Gasteiger partial charge in [0.25, 0.3) is 0 Å². The largest absolute Gasteiger partial charge is 0.456 e. The lowest BCUT2D eigenvalue weighted by Crippen LogP contribution is -1.91. The van der Waals surface area contributed by atoms with Gasteiger partial charge in [0.2, 0.25) is 0 Å². The molecule has 0 unspecified atom stereocenters. The van der Waals surface area contributed by atoms with Crippen molar-refractivity contribution < 1.29 is 8.83 Å². The number of para-hydroxylation sites is 1. The van der Waals surface area contributed by atoms with Crippen LogP contribution in [0.25, 0.3) is 131 Å². The molecule has 2 heterocycles. The Kier molecular flexibility index (Phi) is 6.47. The minimum Gasteiger partial charge on any atom is -0.456 e. The van der Waals surface area contributed by atoms with E-state index in [1.165, 1.54) is 76.1 Å². The molecule has 0 bridgehead atoms. The molecule has 0 fully saturated rings. The zero-order valence-corrected chi connectivity index (χ0v) is 31.3. The molecule has 2 aromatic heterocycles. The monoisotopic (exact) mass is 736 g/mol. The summed E-state index contributed by atoms with van der Waals surface area (Å²) in [6, 6.07) is 70.4. The second kappa shape index (κ2) is 11.9. The molecule has 0 amide bonds. The van der Waals surface area contributed by atoms with E-state index in [-0.39, 0.29) is 0 Å². The Hall–Kier alpha value is -7.68. The summed E-state index contributed by atoms with van der Waals surface area (Å²) in [6.45, 7) is 0. The SMILES string of the molecule is c1ccc2c(-c3c4ccccc4c(-c4ccc5cc(-c6ccc7c(c6)oc6ccc8c(ccc9oc%10ccccc%10c98)c67)ccc5c4)c4ccccc34)cccc2c1. The lowest BCUT2D eigenvalue weighted by Gasteiger charge is -2.19. The molecule has 0 aliphatic heterocycles. The summed E-state index contributed by atoms with van der Waals surface area (Å²) < 4.78 is 12.8. The lowest BCUT2D eigenvalue weighted by molar-refractivity contribution is 0.668. The molecule has 0 aliphatic rings. The molecule has 0 aliphatic carbocycles. The Morgan fingerprint density at radius 3 is 1.43 bits per heavy atom. The van der Waals surface area contributed by atoms with Crippen molar-refractivity contribution in [3.05, 3.63) is 194 Å². The third-order valence-corrected chi connectivity index (χ3v) is 12.4. The summed E-state index contributed by atoms with van der Waals surface area (Å²) in [5.41, 5.74) is 10.9. The predicted octanol–water partition coefficient (Wildman–Crippen LogP) is 16.3. The first kappa shape index (κ1) is 31.5. The highest BCUT2D eigenvalue weighted by molar-refractivity contribution is 6.28. The van der Waals surface area contributed by atoms with Crippen LogP contribution in [0, 0.1) is 0 Å². The molecule has 13 aromatic rings. The first-order chi connectivity index (χ1) is 28.7. The van der Waals surface area contributed by atoms with Crippen LogP contribution in [0.5, 0.6) is 0 Å². The second-order valence-corrected chi connectivity index (χ2v) is 15.5. The Morgan fingerprint density at radius 1 is 0.241 bits per heavy atom. The molecule has 2 nitrogen and oxygen atoms in total. The van der Waals surface area contributed by atoms with Crippen molar-refractivity contribution in [1.29, 1.82) is 0 Å². The van der Waals surface area contributed by atoms with Gasteiger partial charge in [0, 0.05) is 21.5 Å². The molecule has 11 aromatic carbocycles. The molecule has 0 saturated carbocycles. The Bertz CT molecular complexity index is 3800. The van der Waals surface area contributed by atoms with Crippen molar-refractivity contribution in [2.75, 3.05) is 0 Å². The maximum Gasteiger partial charge on any atom is 0.136 e. The van der Waals surface area contributed by atoms with Gasteiger partial charge in [-0.2, -0.15) is 0 Å². The molecule has 0 atom stereocenters. The van der Waals surface area contributed by atoms with Gasteiger partial charge < -0.3 is 8.83 Å². The fraction of sp³-hybridized carbons (Fsp3) is 0. The highest BCUT2D eigenvalue weighted by Crippen LogP contribution is 2.46. The smallest absolute Gasteiger partial charge is 0.136 e. The Labute approximate surface area is 332 Å². The minimum absolute atomic E-state index is 0.887. The molecule has 58 heavy (non-hydrogen) atoms. The van der Waals surface area contributed by atoms with Gasteiger partial charge >= 0.3 is 0 Å². The first-order valence-corrected chi connectivity index (χ1v) is 19.9.